The maximum absolute atomic E-state index is 12.6. The van der Waals surface area contributed by atoms with Crippen molar-refractivity contribution in [2.24, 2.45) is 0 Å². The van der Waals surface area contributed by atoms with Crippen LogP contribution in [0.5, 0.6) is 11.5 Å². The summed E-state index contributed by atoms with van der Waals surface area (Å²) in [6, 6.07) is 13.2. The van der Waals surface area contributed by atoms with Gasteiger partial charge in [-0.2, -0.15) is 0 Å². The molecule has 2 N–H and O–H groups in total. The van der Waals surface area contributed by atoms with Crippen LogP contribution in [0, 0.1) is 0 Å². The molecule has 1 aromatic heterocycles. The smallest absolute Gasteiger partial charge is 0.252 e. The molecule has 0 fully saturated rings. The molecule has 2 amide bonds. The Morgan fingerprint density at radius 2 is 1.66 bits per heavy atom. The predicted molar refractivity (Wildman–Crippen MR) is 110 cm³/mol. The van der Waals surface area contributed by atoms with Crippen LogP contribution in [0.1, 0.15) is 10.4 Å². The first-order valence-corrected chi connectivity index (χ1v) is 8.84. The lowest BCUT2D eigenvalue weighted by molar-refractivity contribution is -0.116. The molecule has 0 saturated carbocycles. The molecule has 0 unspecified atom stereocenters. The maximum Gasteiger partial charge on any atom is 0.252 e. The fourth-order valence-electron chi connectivity index (χ4n) is 3.04. The number of fused-ring (bicyclic) bond motifs is 1. The lowest BCUT2D eigenvalue weighted by Gasteiger charge is -2.14. The summed E-state index contributed by atoms with van der Waals surface area (Å²) in [6.45, 7) is -0.215. The molecule has 150 valence electrons. The molecular weight excluding hydrogens is 374 g/mol. The van der Waals surface area contributed by atoms with E-state index in [0.717, 1.165) is 0 Å². The van der Waals surface area contributed by atoms with E-state index in [0.29, 0.717) is 28.1 Å². The third-order valence-electron chi connectivity index (χ3n) is 4.43. The summed E-state index contributed by atoms with van der Waals surface area (Å²) < 4.78 is 11.7. The Labute approximate surface area is 167 Å². The van der Waals surface area contributed by atoms with Crippen molar-refractivity contribution in [1.82, 2.24) is 9.88 Å². The van der Waals surface area contributed by atoms with Crippen LogP contribution in [0.15, 0.2) is 53.3 Å². The highest BCUT2D eigenvalue weighted by Crippen LogP contribution is 2.26. The normalized spacial score (nSPS) is 10.4. The number of nitrogens with zero attached hydrogens (tertiary/aromatic N) is 1. The largest absolute Gasteiger partial charge is 0.497 e. The van der Waals surface area contributed by atoms with Crippen LogP contribution < -0.4 is 25.7 Å². The number of amides is 2. The van der Waals surface area contributed by atoms with E-state index in [4.69, 9.17) is 9.47 Å². The topological polar surface area (TPSA) is 98.7 Å². The molecule has 0 spiro atoms. The van der Waals surface area contributed by atoms with Gasteiger partial charge in [0.1, 0.15) is 18.0 Å². The number of carbonyl (C=O) groups is 2. The molecule has 0 radical (unpaired) electrons. The van der Waals surface area contributed by atoms with Gasteiger partial charge in [0.05, 0.1) is 25.3 Å². The summed E-state index contributed by atoms with van der Waals surface area (Å²) in [5.74, 6) is 0.285. The van der Waals surface area contributed by atoms with Crippen molar-refractivity contribution in [3.05, 3.63) is 64.4 Å². The van der Waals surface area contributed by atoms with Gasteiger partial charge in [0, 0.05) is 42.4 Å². The number of ether oxygens (including phenoxy) is 2. The molecule has 29 heavy (non-hydrogen) atoms. The zero-order valence-corrected chi connectivity index (χ0v) is 16.3. The minimum absolute atomic E-state index is 0.215. The Morgan fingerprint density at radius 3 is 2.28 bits per heavy atom. The number of pyridine rings is 1. The zero-order valence-electron chi connectivity index (χ0n) is 16.3. The minimum Gasteiger partial charge on any atom is -0.497 e. The molecular formula is C21H21N3O5. The second kappa shape index (κ2) is 8.47. The van der Waals surface area contributed by atoms with Crippen LogP contribution in [-0.2, 0) is 11.3 Å². The Bertz CT molecular complexity index is 1110. The van der Waals surface area contributed by atoms with E-state index >= 15 is 0 Å². The van der Waals surface area contributed by atoms with Gasteiger partial charge in [0.2, 0.25) is 5.91 Å². The maximum atomic E-state index is 12.6. The second-order valence-electron chi connectivity index (χ2n) is 6.23. The van der Waals surface area contributed by atoms with E-state index in [9.17, 15) is 14.4 Å². The van der Waals surface area contributed by atoms with E-state index in [1.807, 2.05) is 0 Å². The molecule has 0 saturated heterocycles. The SMILES string of the molecule is CNC(=O)c1cc(=O)n(CC(=O)Nc2cc(OC)cc(OC)c2)c2ccccc12. The van der Waals surface area contributed by atoms with Gasteiger partial charge < -0.3 is 20.1 Å². The van der Waals surface area contributed by atoms with Crippen molar-refractivity contribution in [3.8, 4) is 11.5 Å². The molecule has 2 aromatic carbocycles. The fourth-order valence-corrected chi connectivity index (χ4v) is 3.04. The van der Waals surface area contributed by atoms with Crippen molar-refractivity contribution >= 4 is 28.4 Å². The van der Waals surface area contributed by atoms with Gasteiger partial charge in [-0.1, -0.05) is 18.2 Å². The molecule has 0 bridgehead atoms. The highest BCUT2D eigenvalue weighted by atomic mass is 16.5. The monoisotopic (exact) mass is 395 g/mol. The standard InChI is InChI=1S/C21H21N3O5/c1-22-21(27)17-11-20(26)24(18-7-5-4-6-16(17)18)12-19(25)23-13-8-14(28-2)10-15(9-13)29-3/h4-11H,12H2,1-3H3,(H,22,27)(H,23,25). The fraction of sp³-hybridized carbons (Fsp3) is 0.190. The highest BCUT2D eigenvalue weighted by molar-refractivity contribution is 6.06. The molecule has 3 rings (SSSR count). The quantitative estimate of drug-likeness (QED) is 0.665. The van der Waals surface area contributed by atoms with Gasteiger partial charge in [-0.15, -0.1) is 0 Å². The lowest BCUT2D eigenvalue weighted by Crippen LogP contribution is -2.30. The number of anilines is 1. The van der Waals surface area contributed by atoms with E-state index in [-0.39, 0.29) is 18.0 Å². The Kier molecular flexibility index (Phi) is 5.82. The summed E-state index contributed by atoms with van der Waals surface area (Å²) in [4.78, 5) is 37.4. The third-order valence-corrected chi connectivity index (χ3v) is 4.43. The Hall–Kier alpha value is -3.81. The second-order valence-corrected chi connectivity index (χ2v) is 6.23. The summed E-state index contributed by atoms with van der Waals surface area (Å²) in [7, 11) is 4.53. The molecule has 0 atom stereocenters. The number of methoxy groups -OCH3 is 2. The average Bonchev–Trinajstić information content (AvgIpc) is 2.74. The predicted octanol–water partition coefficient (Wildman–Crippen LogP) is 2.02. The molecule has 3 aromatic rings. The van der Waals surface area contributed by atoms with Gasteiger partial charge in [-0.25, -0.2) is 0 Å². The number of carbonyl (C=O) groups excluding carboxylic acids is 2. The summed E-state index contributed by atoms with van der Waals surface area (Å²) in [5.41, 5.74) is 0.797. The number of nitrogens with one attached hydrogen (secondary N) is 2. The van der Waals surface area contributed by atoms with Gasteiger partial charge >= 0.3 is 0 Å². The van der Waals surface area contributed by atoms with Crippen LogP contribution in [0.3, 0.4) is 0 Å². The van der Waals surface area contributed by atoms with E-state index in [1.54, 1.807) is 42.5 Å². The van der Waals surface area contributed by atoms with E-state index in [1.165, 1.54) is 31.9 Å². The first kappa shape index (κ1) is 19.9. The number of hydrogen-bond acceptors (Lipinski definition) is 5. The van der Waals surface area contributed by atoms with E-state index < -0.39 is 11.5 Å². The zero-order chi connectivity index (χ0) is 21.0. The third kappa shape index (κ3) is 4.21. The Balaban J connectivity index is 1.95. The van der Waals surface area contributed by atoms with Gasteiger partial charge in [0.15, 0.2) is 0 Å². The molecule has 0 aliphatic heterocycles. The van der Waals surface area contributed by atoms with Crippen LogP contribution in [0.2, 0.25) is 0 Å². The van der Waals surface area contributed by atoms with Crippen LogP contribution in [0.4, 0.5) is 5.69 Å². The summed E-state index contributed by atoms with van der Waals surface area (Å²) in [6.07, 6.45) is 0. The summed E-state index contributed by atoms with van der Waals surface area (Å²) in [5, 5.41) is 5.85. The number of hydrogen-bond donors (Lipinski definition) is 2. The lowest BCUT2D eigenvalue weighted by atomic mass is 10.1. The van der Waals surface area contributed by atoms with Gasteiger partial charge in [0.25, 0.3) is 11.5 Å². The molecule has 1 heterocycles. The Morgan fingerprint density at radius 1 is 1.00 bits per heavy atom. The van der Waals surface area contributed by atoms with Crippen LogP contribution in [0.25, 0.3) is 10.9 Å². The van der Waals surface area contributed by atoms with Gasteiger partial charge in [-0.3, -0.25) is 19.0 Å². The average molecular weight is 395 g/mol. The van der Waals surface area contributed by atoms with Gasteiger partial charge in [-0.05, 0) is 6.07 Å². The van der Waals surface area contributed by atoms with Crippen LogP contribution >= 0.6 is 0 Å². The van der Waals surface area contributed by atoms with Crippen molar-refractivity contribution in [3.63, 3.8) is 0 Å². The molecule has 0 aliphatic carbocycles. The highest BCUT2D eigenvalue weighted by Gasteiger charge is 2.15. The number of rotatable bonds is 6. The van der Waals surface area contributed by atoms with Crippen molar-refractivity contribution in [2.75, 3.05) is 26.6 Å². The number of aromatic nitrogens is 1. The minimum atomic E-state index is -0.444. The van der Waals surface area contributed by atoms with Crippen molar-refractivity contribution in [2.45, 2.75) is 6.54 Å². The van der Waals surface area contributed by atoms with Crippen molar-refractivity contribution < 1.29 is 19.1 Å². The molecule has 8 heteroatoms. The molecule has 8 nitrogen and oxygen atoms in total. The summed E-state index contributed by atoms with van der Waals surface area (Å²) >= 11 is 0. The van der Waals surface area contributed by atoms with E-state index in [2.05, 4.69) is 10.6 Å². The first-order valence-electron chi connectivity index (χ1n) is 8.84. The number of para-hydroxylation sites is 1. The first-order chi connectivity index (χ1) is 14.0. The molecule has 0 aliphatic rings. The van der Waals surface area contributed by atoms with Crippen LogP contribution in [-0.4, -0.2) is 37.6 Å². The van der Waals surface area contributed by atoms with Crippen molar-refractivity contribution in [1.29, 1.82) is 0 Å². The number of benzene rings is 2.